The molecular formula is C25H29N3O2S. The molecule has 0 unspecified atom stereocenters. The molecule has 2 heterocycles. The molecule has 5 nitrogen and oxygen atoms in total. The molecule has 0 saturated carbocycles. The number of carbonyl (C=O) groups excluding carboxylic acids is 1. The van der Waals surface area contributed by atoms with E-state index in [1.165, 1.54) is 11.1 Å². The summed E-state index contributed by atoms with van der Waals surface area (Å²) in [6, 6.07) is 18.6. The standard InChI is InChI=1S/C25H29N3O2S/c1-18-7-3-4-9-21(18)16-26-25(30)23-15-24(19(2)28(23)13-14-29)31-27-12-11-20-8-5-6-10-22(20)17-27/h3-10,15,29H,11-14,16-17H2,1-2H3,(H,26,30). The van der Waals surface area contributed by atoms with Gasteiger partial charge in [0.2, 0.25) is 0 Å². The van der Waals surface area contributed by atoms with E-state index in [2.05, 4.69) is 33.9 Å². The van der Waals surface area contributed by atoms with Crippen LogP contribution in [0.4, 0.5) is 0 Å². The number of hydrogen-bond acceptors (Lipinski definition) is 4. The van der Waals surface area contributed by atoms with Crippen molar-refractivity contribution in [2.45, 2.75) is 44.8 Å². The normalized spacial score (nSPS) is 13.8. The Labute approximate surface area is 188 Å². The van der Waals surface area contributed by atoms with E-state index in [0.29, 0.717) is 18.8 Å². The maximum Gasteiger partial charge on any atom is 0.268 e. The summed E-state index contributed by atoms with van der Waals surface area (Å²) in [5.41, 5.74) is 6.66. The van der Waals surface area contributed by atoms with Gasteiger partial charge in [-0.1, -0.05) is 48.5 Å². The van der Waals surface area contributed by atoms with Crippen molar-refractivity contribution >= 4 is 17.9 Å². The summed E-state index contributed by atoms with van der Waals surface area (Å²) in [5, 5.41) is 12.6. The number of aliphatic hydroxyl groups is 1. The van der Waals surface area contributed by atoms with Crippen molar-refractivity contribution in [3.63, 3.8) is 0 Å². The van der Waals surface area contributed by atoms with Gasteiger partial charge in [-0.2, -0.15) is 0 Å². The first-order valence-electron chi connectivity index (χ1n) is 10.7. The average Bonchev–Trinajstić information content (AvgIpc) is 3.08. The van der Waals surface area contributed by atoms with Gasteiger partial charge in [-0.3, -0.25) is 4.79 Å². The number of hydrogen-bond donors (Lipinski definition) is 2. The Morgan fingerprint density at radius 3 is 2.61 bits per heavy atom. The van der Waals surface area contributed by atoms with Gasteiger partial charge in [-0.25, -0.2) is 4.31 Å². The van der Waals surface area contributed by atoms with Gasteiger partial charge in [-0.15, -0.1) is 0 Å². The van der Waals surface area contributed by atoms with Crippen molar-refractivity contribution in [3.8, 4) is 0 Å². The quantitative estimate of drug-likeness (QED) is 0.549. The summed E-state index contributed by atoms with van der Waals surface area (Å²) in [6.45, 7) is 6.82. The molecule has 1 amide bonds. The zero-order valence-corrected chi connectivity index (χ0v) is 18.9. The lowest BCUT2D eigenvalue weighted by molar-refractivity contribution is 0.0940. The Morgan fingerprint density at radius 1 is 1.10 bits per heavy atom. The molecule has 3 aromatic rings. The van der Waals surface area contributed by atoms with Crippen LogP contribution in [0.5, 0.6) is 0 Å². The number of amides is 1. The zero-order chi connectivity index (χ0) is 21.8. The summed E-state index contributed by atoms with van der Waals surface area (Å²) < 4.78 is 4.27. The van der Waals surface area contributed by atoms with Crippen LogP contribution in [0.15, 0.2) is 59.5 Å². The van der Waals surface area contributed by atoms with Crippen molar-refractivity contribution in [3.05, 3.63) is 88.2 Å². The fourth-order valence-corrected chi connectivity index (χ4v) is 5.12. The van der Waals surface area contributed by atoms with E-state index in [-0.39, 0.29) is 12.5 Å². The van der Waals surface area contributed by atoms with Gasteiger partial charge >= 0.3 is 0 Å². The maximum atomic E-state index is 13.0. The molecule has 4 rings (SSSR count). The highest BCUT2D eigenvalue weighted by atomic mass is 32.2. The number of rotatable bonds is 7. The highest BCUT2D eigenvalue weighted by Gasteiger charge is 2.22. The highest BCUT2D eigenvalue weighted by molar-refractivity contribution is 7.97. The molecule has 0 atom stereocenters. The van der Waals surface area contributed by atoms with Gasteiger partial charge < -0.3 is 15.0 Å². The van der Waals surface area contributed by atoms with Crippen molar-refractivity contribution in [1.82, 2.24) is 14.2 Å². The molecule has 0 spiro atoms. The van der Waals surface area contributed by atoms with Crippen LogP contribution in [-0.4, -0.2) is 33.0 Å². The summed E-state index contributed by atoms with van der Waals surface area (Å²) >= 11 is 1.70. The summed E-state index contributed by atoms with van der Waals surface area (Å²) in [5.74, 6) is -0.115. The number of fused-ring (bicyclic) bond motifs is 1. The van der Waals surface area contributed by atoms with E-state index in [1.54, 1.807) is 11.9 Å². The van der Waals surface area contributed by atoms with Crippen molar-refractivity contribution in [2.24, 2.45) is 0 Å². The van der Waals surface area contributed by atoms with Gasteiger partial charge in [0.25, 0.3) is 5.91 Å². The summed E-state index contributed by atoms with van der Waals surface area (Å²) in [6.07, 6.45) is 1.03. The van der Waals surface area contributed by atoms with E-state index in [4.69, 9.17) is 0 Å². The molecule has 1 aliphatic heterocycles. The van der Waals surface area contributed by atoms with E-state index in [1.807, 2.05) is 48.7 Å². The molecule has 2 aromatic carbocycles. The number of aryl methyl sites for hydroxylation is 1. The Kier molecular flexibility index (Phi) is 6.80. The minimum Gasteiger partial charge on any atom is -0.395 e. The second-order valence-electron chi connectivity index (χ2n) is 7.94. The molecule has 162 valence electrons. The lowest BCUT2D eigenvalue weighted by Gasteiger charge is -2.27. The van der Waals surface area contributed by atoms with Gasteiger partial charge in [0.15, 0.2) is 0 Å². The van der Waals surface area contributed by atoms with Gasteiger partial charge in [0.1, 0.15) is 5.69 Å². The topological polar surface area (TPSA) is 57.5 Å². The Balaban J connectivity index is 1.50. The van der Waals surface area contributed by atoms with E-state index in [9.17, 15) is 9.90 Å². The number of nitrogens with one attached hydrogen (secondary N) is 1. The molecule has 1 aliphatic rings. The van der Waals surface area contributed by atoms with Crippen molar-refractivity contribution < 1.29 is 9.90 Å². The molecule has 0 radical (unpaired) electrons. The number of benzene rings is 2. The lowest BCUT2D eigenvalue weighted by Crippen LogP contribution is -2.26. The number of aromatic nitrogens is 1. The minimum atomic E-state index is -0.115. The Hall–Kier alpha value is -2.54. The Morgan fingerprint density at radius 2 is 1.84 bits per heavy atom. The SMILES string of the molecule is Cc1ccccc1CNC(=O)c1cc(SN2CCc3ccccc3C2)c(C)n1CCO. The van der Waals surface area contributed by atoms with Crippen LogP contribution in [0.25, 0.3) is 0 Å². The molecule has 0 fully saturated rings. The highest BCUT2D eigenvalue weighted by Crippen LogP contribution is 2.33. The van der Waals surface area contributed by atoms with Crippen LogP contribution >= 0.6 is 11.9 Å². The molecule has 1 aromatic heterocycles. The van der Waals surface area contributed by atoms with Crippen molar-refractivity contribution in [1.29, 1.82) is 0 Å². The molecular weight excluding hydrogens is 406 g/mol. The third-order valence-corrected chi connectivity index (χ3v) is 7.08. The van der Waals surface area contributed by atoms with Crippen LogP contribution in [0.2, 0.25) is 0 Å². The number of nitrogens with zero attached hydrogens (tertiary/aromatic N) is 2. The van der Waals surface area contributed by atoms with Gasteiger partial charge in [-0.05, 0) is 60.5 Å². The monoisotopic (exact) mass is 435 g/mol. The minimum absolute atomic E-state index is 0.00517. The van der Waals surface area contributed by atoms with Crippen molar-refractivity contribution in [2.75, 3.05) is 13.2 Å². The average molecular weight is 436 g/mol. The predicted octanol–water partition coefficient (Wildman–Crippen LogP) is 4.09. The van der Waals surface area contributed by atoms with Crippen LogP contribution in [0.1, 0.15) is 38.4 Å². The van der Waals surface area contributed by atoms with Crippen LogP contribution in [0.3, 0.4) is 0 Å². The fourth-order valence-electron chi connectivity index (χ4n) is 4.05. The van der Waals surface area contributed by atoms with Gasteiger partial charge in [0.05, 0.1) is 6.61 Å². The van der Waals surface area contributed by atoms with E-state index in [0.717, 1.165) is 41.2 Å². The first kappa shape index (κ1) is 21.7. The molecule has 0 saturated heterocycles. The first-order valence-corrected chi connectivity index (χ1v) is 11.5. The van der Waals surface area contributed by atoms with Gasteiger partial charge in [0, 0.05) is 36.8 Å². The van der Waals surface area contributed by atoms with E-state index < -0.39 is 0 Å². The predicted molar refractivity (Wildman–Crippen MR) is 125 cm³/mol. The largest absolute Gasteiger partial charge is 0.395 e. The smallest absolute Gasteiger partial charge is 0.268 e. The summed E-state index contributed by atoms with van der Waals surface area (Å²) in [7, 11) is 0. The van der Waals surface area contributed by atoms with Crippen LogP contribution < -0.4 is 5.32 Å². The van der Waals surface area contributed by atoms with Crippen LogP contribution in [-0.2, 0) is 26.1 Å². The third-order valence-electron chi connectivity index (χ3n) is 5.90. The Bertz CT molecular complexity index is 1080. The molecule has 6 heteroatoms. The summed E-state index contributed by atoms with van der Waals surface area (Å²) in [4.78, 5) is 14.1. The molecule has 31 heavy (non-hydrogen) atoms. The lowest BCUT2D eigenvalue weighted by atomic mass is 10.0. The molecule has 0 aliphatic carbocycles. The number of carbonyl (C=O) groups is 1. The third kappa shape index (κ3) is 4.87. The molecule has 2 N–H and O–H groups in total. The van der Waals surface area contributed by atoms with Crippen LogP contribution in [0, 0.1) is 13.8 Å². The second kappa shape index (κ2) is 9.73. The number of aliphatic hydroxyl groups excluding tert-OH is 1. The zero-order valence-electron chi connectivity index (χ0n) is 18.1. The van der Waals surface area contributed by atoms with E-state index >= 15 is 0 Å². The second-order valence-corrected chi connectivity index (χ2v) is 9.08. The molecule has 0 bridgehead atoms. The fraction of sp³-hybridized carbons (Fsp3) is 0.320. The first-order chi connectivity index (χ1) is 15.1. The maximum absolute atomic E-state index is 13.0.